The number of benzene rings is 2. The number of aryl methyl sites for hydroxylation is 1. The minimum Gasteiger partial charge on any atom is -0.444 e. The number of hydrogen-bond acceptors (Lipinski definition) is 6. The van der Waals surface area contributed by atoms with Gasteiger partial charge in [-0.1, -0.05) is 63.3 Å². The van der Waals surface area contributed by atoms with Crippen molar-refractivity contribution in [2.75, 3.05) is 17.7 Å². The van der Waals surface area contributed by atoms with Gasteiger partial charge in [0, 0.05) is 18.0 Å². The molecule has 0 radical (unpaired) electrons. The summed E-state index contributed by atoms with van der Waals surface area (Å²) in [5.74, 6) is -0.0435. The van der Waals surface area contributed by atoms with Gasteiger partial charge in [-0.3, -0.25) is 9.59 Å². The molecule has 0 bridgehead atoms. The Labute approximate surface area is 298 Å². The molecule has 0 spiro atoms. The predicted molar refractivity (Wildman–Crippen MR) is 208 cm³/mol. The number of allylic oxidation sites excluding steroid dienone is 5. The summed E-state index contributed by atoms with van der Waals surface area (Å²) in [6, 6.07) is 13.9. The summed E-state index contributed by atoms with van der Waals surface area (Å²) in [7, 11) is -2.26. The highest BCUT2D eigenvalue weighted by molar-refractivity contribution is 7.98. The maximum Gasteiger partial charge on any atom is 0.408 e. The fraction of sp³-hybridized carbons (Fsp3) is 0.450. The smallest absolute Gasteiger partial charge is 0.408 e. The van der Waals surface area contributed by atoms with Crippen molar-refractivity contribution in [3.8, 4) is 0 Å². The maximum absolute atomic E-state index is 14.0. The number of anilines is 1. The highest BCUT2D eigenvalue weighted by Gasteiger charge is 2.40. The van der Waals surface area contributed by atoms with E-state index in [-0.39, 0.29) is 24.0 Å². The molecule has 7 nitrogen and oxygen atoms in total. The van der Waals surface area contributed by atoms with Crippen LogP contribution < -0.4 is 16.2 Å². The van der Waals surface area contributed by atoms with Crippen molar-refractivity contribution < 1.29 is 19.1 Å². The standard InChI is InChI=1S/C40H53N3O4SSi/c1-25(2)21-33(43-39(46)47-40(4,5)6)34(44)22-27(14-12-20-48-7)38(45)42-29-17-19-32-36(24-29)49(8,9)35-23-28(41)16-18-31(35)37(32)30-15-11-10-13-26(30)3/h10-11,13,15-19,23-25,27,33H,12,14,20-22,41H2,1-9H3,(H,43,46)/t27-,33+/m1/s1. The Morgan fingerprint density at radius 1 is 1.04 bits per heavy atom. The number of aliphatic imine (C=N–C) groups is 1. The zero-order chi connectivity index (χ0) is 36.1. The Hall–Kier alpha value is -3.69. The Morgan fingerprint density at radius 2 is 1.76 bits per heavy atom. The van der Waals surface area contributed by atoms with Crippen LogP contribution in [0.5, 0.6) is 0 Å². The van der Waals surface area contributed by atoms with Crippen LogP contribution in [0.25, 0.3) is 5.57 Å². The van der Waals surface area contributed by atoms with Crippen LogP contribution in [0.4, 0.5) is 10.5 Å². The third-order valence-electron chi connectivity index (χ3n) is 9.07. The second kappa shape index (κ2) is 15.9. The summed E-state index contributed by atoms with van der Waals surface area (Å²) in [5, 5.41) is 5.24. The Morgan fingerprint density at radius 3 is 2.41 bits per heavy atom. The molecule has 3 N–H and O–H groups in total. The van der Waals surface area contributed by atoms with Crippen LogP contribution in [0.15, 0.2) is 76.5 Å². The van der Waals surface area contributed by atoms with Crippen LogP contribution in [0.2, 0.25) is 13.1 Å². The van der Waals surface area contributed by atoms with Crippen molar-refractivity contribution in [1.29, 1.82) is 0 Å². The summed E-state index contributed by atoms with van der Waals surface area (Å²) >= 11 is 1.71. The van der Waals surface area contributed by atoms with Crippen LogP contribution in [0.1, 0.15) is 77.0 Å². The molecule has 49 heavy (non-hydrogen) atoms. The lowest BCUT2D eigenvalue weighted by atomic mass is 9.87. The Bertz CT molecular complexity index is 1710. The van der Waals surface area contributed by atoms with Crippen molar-refractivity contribution in [3.63, 3.8) is 0 Å². The number of ketones is 1. The Kier molecular flexibility index (Phi) is 12.4. The molecule has 1 aliphatic carbocycles. The van der Waals surface area contributed by atoms with Gasteiger partial charge in [0.2, 0.25) is 5.91 Å². The van der Waals surface area contributed by atoms with Gasteiger partial charge in [-0.15, -0.1) is 0 Å². The molecule has 9 heteroatoms. The second-order valence-electron chi connectivity index (χ2n) is 15.1. The van der Waals surface area contributed by atoms with Crippen molar-refractivity contribution in [2.45, 2.75) is 92.0 Å². The van der Waals surface area contributed by atoms with E-state index in [4.69, 9.17) is 10.5 Å². The maximum atomic E-state index is 14.0. The van der Waals surface area contributed by atoms with E-state index < -0.39 is 31.7 Å². The van der Waals surface area contributed by atoms with Crippen molar-refractivity contribution in [1.82, 2.24) is 5.32 Å². The van der Waals surface area contributed by atoms with Crippen LogP contribution in [-0.2, 0) is 14.3 Å². The molecule has 0 saturated heterocycles. The van der Waals surface area contributed by atoms with Crippen molar-refractivity contribution in [2.24, 2.45) is 16.8 Å². The lowest BCUT2D eigenvalue weighted by Crippen LogP contribution is -2.49. The van der Waals surface area contributed by atoms with E-state index in [1.165, 1.54) is 32.6 Å². The number of nitrogens with zero attached hydrogens (tertiary/aromatic N) is 1. The quantitative estimate of drug-likeness (QED) is 0.132. The first kappa shape index (κ1) is 38.1. The van der Waals surface area contributed by atoms with Crippen LogP contribution in [0, 0.1) is 18.8 Å². The van der Waals surface area contributed by atoms with E-state index in [0.29, 0.717) is 18.6 Å². The van der Waals surface area contributed by atoms with Crippen LogP contribution in [-0.4, -0.2) is 55.2 Å². The van der Waals surface area contributed by atoms with Gasteiger partial charge < -0.3 is 15.8 Å². The second-order valence-corrected chi connectivity index (χ2v) is 20.4. The van der Waals surface area contributed by atoms with Gasteiger partial charge in [-0.25, -0.2) is 9.79 Å². The normalized spacial score (nSPS) is 17.3. The van der Waals surface area contributed by atoms with Crippen LogP contribution in [0.3, 0.4) is 0 Å². The third-order valence-corrected chi connectivity index (χ3v) is 13.3. The number of carbonyl (C=O) groups excluding carboxylic acids is 3. The monoisotopic (exact) mass is 699 g/mol. The lowest BCUT2D eigenvalue weighted by molar-refractivity contribution is -0.128. The number of nitrogens with one attached hydrogen (secondary N) is 1. The van der Waals surface area contributed by atoms with Gasteiger partial charge in [-0.2, -0.15) is 11.8 Å². The fourth-order valence-corrected chi connectivity index (χ4v) is 10.2. The molecule has 0 saturated carbocycles. The molecular formula is C40H53N3O4SSi. The molecule has 0 fully saturated rings. The van der Waals surface area contributed by atoms with Gasteiger partial charge >= 0.3 is 6.09 Å². The number of hydrogen-bond donors (Lipinski definition) is 2. The summed E-state index contributed by atoms with van der Waals surface area (Å²) in [6.07, 6.45) is 9.29. The number of thioether (sulfide) groups is 1. The molecule has 262 valence electrons. The minimum atomic E-state index is -2.26. The predicted octanol–water partition coefficient (Wildman–Crippen LogP) is 7.97. The SMILES string of the molecule is CSCCC[C@H](CC(=O)[C@H](CC(C)C)NC(=O)OC(C)(C)C)C(=O)N=C1C=CC2=C(c3ccccc3C)c3ccc(N)cc3[Si](C)(C)C2=C1. The third kappa shape index (κ3) is 9.51. The molecule has 2 amide bonds. The molecule has 1 heterocycles. The van der Waals surface area contributed by atoms with Gasteiger partial charge in [0.05, 0.1) is 11.8 Å². The first-order valence-corrected chi connectivity index (χ1v) is 21.7. The number of amides is 2. The van der Waals surface area contributed by atoms with E-state index in [2.05, 4.69) is 78.9 Å². The average Bonchev–Trinajstić information content (AvgIpc) is 3.00. The number of nitrogens with two attached hydrogens (primary N) is 1. The van der Waals surface area contributed by atoms with Crippen molar-refractivity contribution >= 4 is 59.8 Å². The molecule has 0 unspecified atom stereocenters. The van der Waals surface area contributed by atoms with Gasteiger partial charge in [0.1, 0.15) is 13.7 Å². The summed E-state index contributed by atoms with van der Waals surface area (Å²) in [4.78, 5) is 45.0. The minimum absolute atomic E-state index is 0.00689. The molecular weight excluding hydrogens is 647 g/mol. The number of alkyl carbamates (subject to hydrolysis) is 1. The highest BCUT2D eigenvalue weighted by atomic mass is 32.2. The molecule has 1 aliphatic heterocycles. The zero-order valence-electron chi connectivity index (χ0n) is 30.6. The molecule has 4 rings (SSSR count). The van der Waals surface area contributed by atoms with Gasteiger partial charge in [0.25, 0.3) is 0 Å². The largest absolute Gasteiger partial charge is 0.444 e. The van der Waals surface area contributed by atoms with E-state index in [1.807, 2.05) is 32.2 Å². The molecule has 2 aromatic rings. The number of rotatable bonds is 12. The van der Waals surface area contributed by atoms with E-state index in [9.17, 15) is 14.4 Å². The summed E-state index contributed by atoms with van der Waals surface area (Å²) < 4.78 is 5.45. The summed E-state index contributed by atoms with van der Waals surface area (Å²) in [5.41, 5.74) is 12.9. The van der Waals surface area contributed by atoms with E-state index >= 15 is 0 Å². The van der Waals surface area contributed by atoms with Crippen molar-refractivity contribution in [3.05, 3.63) is 88.2 Å². The summed E-state index contributed by atoms with van der Waals surface area (Å²) in [6.45, 7) is 16.1. The van der Waals surface area contributed by atoms with Gasteiger partial charge in [0.15, 0.2) is 5.78 Å². The molecule has 2 aromatic carbocycles. The van der Waals surface area contributed by atoms with Crippen LogP contribution >= 0.6 is 11.8 Å². The van der Waals surface area contributed by atoms with Gasteiger partial charge in [-0.05, 0) is 127 Å². The number of Topliss-reactive ketones (excluding diaryl/α,β-unsaturated/α-hetero) is 1. The Balaban J connectivity index is 1.70. The first-order valence-electron chi connectivity index (χ1n) is 17.3. The van der Waals surface area contributed by atoms with E-state index in [1.54, 1.807) is 32.5 Å². The molecule has 2 aliphatic rings. The fourth-order valence-electron chi connectivity index (χ4n) is 6.65. The number of ether oxygens (including phenoxy) is 1. The number of nitrogen functional groups attached to an aromatic ring is 1. The molecule has 2 atom stereocenters. The highest BCUT2D eigenvalue weighted by Crippen LogP contribution is 2.42. The molecule has 0 aromatic heterocycles. The zero-order valence-corrected chi connectivity index (χ0v) is 32.4. The topological polar surface area (TPSA) is 111 Å². The lowest BCUT2D eigenvalue weighted by Gasteiger charge is -2.38. The number of carbonyl (C=O) groups is 3. The first-order chi connectivity index (χ1) is 23.0. The van der Waals surface area contributed by atoms with E-state index in [0.717, 1.165) is 23.4 Å². The number of fused-ring (bicyclic) bond motifs is 2. The average molecular weight is 700 g/mol.